The number of hydrogen-bond acceptors (Lipinski definition) is 3. The first kappa shape index (κ1) is 13.7. The molecule has 0 heterocycles. The minimum Gasteiger partial charge on any atom is -0.497 e. The zero-order valence-corrected chi connectivity index (χ0v) is 12.2. The molecule has 3 heteroatoms. The number of carbonyl (C=O) groups excluding carboxylic acids is 1. The van der Waals surface area contributed by atoms with Crippen LogP contribution in [-0.2, 0) is 14.9 Å². The third kappa shape index (κ3) is 2.19. The van der Waals surface area contributed by atoms with Crippen LogP contribution in [0.15, 0.2) is 54.6 Å². The Kier molecular flexibility index (Phi) is 3.42. The molecule has 0 radical (unpaired) electrons. The highest BCUT2D eigenvalue weighted by molar-refractivity contribution is 5.89. The van der Waals surface area contributed by atoms with Crippen LogP contribution in [0.25, 0.3) is 0 Å². The Bertz CT molecular complexity index is 633. The van der Waals surface area contributed by atoms with Gasteiger partial charge in [0.1, 0.15) is 11.2 Å². The Morgan fingerprint density at radius 1 is 1.05 bits per heavy atom. The molecular weight excluding hydrogens is 264 g/mol. The second-order valence-corrected chi connectivity index (χ2v) is 5.36. The Morgan fingerprint density at radius 2 is 1.71 bits per heavy atom. The molecule has 1 aliphatic rings. The molecule has 0 spiro atoms. The van der Waals surface area contributed by atoms with E-state index in [0.29, 0.717) is 0 Å². The molecule has 1 aliphatic carbocycles. The molecule has 0 saturated heterocycles. The lowest BCUT2D eigenvalue weighted by molar-refractivity contribution is -0.143. The van der Waals surface area contributed by atoms with Gasteiger partial charge in [-0.25, -0.2) is 0 Å². The minimum absolute atomic E-state index is 0.165. The summed E-state index contributed by atoms with van der Waals surface area (Å²) in [5, 5.41) is 0. The van der Waals surface area contributed by atoms with E-state index in [1.165, 1.54) is 12.7 Å². The van der Waals surface area contributed by atoms with Gasteiger partial charge in [0.2, 0.25) is 0 Å². The van der Waals surface area contributed by atoms with Crippen LogP contribution in [-0.4, -0.2) is 20.2 Å². The van der Waals surface area contributed by atoms with Gasteiger partial charge in [-0.1, -0.05) is 42.5 Å². The molecule has 1 fully saturated rings. The summed E-state index contributed by atoms with van der Waals surface area (Å²) in [6.45, 7) is 0. The van der Waals surface area contributed by atoms with Gasteiger partial charge in [-0.2, -0.15) is 0 Å². The number of rotatable bonds is 4. The maximum atomic E-state index is 12.4. The van der Waals surface area contributed by atoms with Crippen molar-refractivity contribution in [2.75, 3.05) is 14.2 Å². The van der Waals surface area contributed by atoms with E-state index in [4.69, 9.17) is 9.47 Å². The van der Waals surface area contributed by atoms with Crippen LogP contribution in [0.4, 0.5) is 0 Å². The first-order valence-corrected chi connectivity index (χ1v) is 7.00. The molecule has 0 aromatic heterocycles. The van der Waals surface area contributed by atoms with Gasteiger partial charge in [0.05, 0.1) is 14.2 Å². The molecule has 0 unspecified atom stereocenters. The SMILES string of the molecule is COC(=O)[C@@]1(c2ccc(OC)cc2)C[C@@H]1c1ccccc1. The topological polar surface area (TPSA) is 35.5 Å². The van der Waals surface area contributed by atoms with Crippen molar-refractivity contribution in [1.82, 2.24) is 0 Å². The van der Waals surface area contributed by atoms with Gasteiger partial charge in [0, 0.05) is 5.92 Å². The van der Waals surface area contributed by atoms with Crippen LogP contribution in [0.5, 0.6) is 5.75 Å². The molecule has 3 nitrogen and oxygen atoms in total. The second-order valence-electron chi connectivity index (χ2n) is 5.36. The van der Waals surface area contributed by atoms with Crippen molar-refractivity contribution >= 4 is 5.97 Å². The highest BCUT2D eigenvalue weighted by atomic mass is 16.5. The summed E-state index contributed by atoms with van der Waals surface area (Å²) in [6, 6.07) is 17.8. The van der Waals surface area contributed by atoms with Crippen molar-refractivity contribution in [3.05, 3.63) is 65.7 Å². The van der Waals surface area contributed by atoms with E-state index < -0.39 is 5.41 Å². The minimum atomic E-state index is -0.553. The van der Waals surface area contributed by atoms with Crippen LogP contribution in [0.3, 0.4) is 0 Å². The zero-order valence-electron chi connectivity index (χ0n) is 12.2. The number of carbonyl (C=O) groups is 1. The van der Waals surface area contributed by atoms with E-state index >= 15 is 0 Å². The lowest BCUT2D eigenvalue weighted by Crippen LogP contribution is -2.24. The molecule has 21 heavy (non-hydrogen) atoms. The maximum Gasteiger partial charge on any atom is 0.316 e. The zero-order chi connectivity index (χ0) is 14.9. The average Bonchev–Trinajstić information content (AvgIpc) is 3.32. The second kappa shape index (κ2) is 5.24. The Morgan fingerprint density at radius 3 is 2.29 bits per heavy atom. The summed E-state index contributed by atoms with van der Waals surface area (Å²) < 4.78 is 10.3. The van der Waals surface area contributed by atoms with Crippen LogP contribution < -0.4 is 4.74 Å². The van der Waals surface area contributed by atoms with Gasteiger partial charge in [-0.05, 0) is 29.7 Å². The number of ether oxygens (including phenoxy) is 2. The summed E-state index contributed by atoms with van der Waals surface area (Å²) in [5.74, 6) is 0.803. The molecule has 3 rings (SSSR count). The number of hydrogen-bond donors (Lipinski definition) is 0. The Balaban J connectivity index is 1.98. The summed E-state index contributed by atoms with van der Waals surface area (Å²) in [6.07, 6.45) is 0.788. The summed E-state index contributed by atoms with van der Waals surface area (Å²) in [5.41, 5.74) is 1.62. The average molecular weight is 282 g/mol. The first-order chi connectivity index (χ1) is 10.2. The standard InChI is InChI=1S/C18H18O3/c1-20-15-10-8-14(9-11-15)18(17(19)21-2)12-16(18)13-6-4-3-5-7-13/h3-11,16H,12H2,1-2H3/t16-,18-/m1/s1. The highest BCUT2D eigenvalue weighted by Gasteiger charge is 2.62. The fourth-order valence-electron chi connectivity index (χ4n) is 3.08. The molecule has 108 valence electrons. The molecule has 0 bridgehead atoms. The molecule has 0 amide bonds. The van der Waals surface area contributed by atoms with Gasteiger partial charge < -0.3 is 9.47 Å². The van der Waals surface area contributed by atoms with Crippen molar-refractivity contribution in [1.29, 1.82) is 0 Å². The van der Waals surface area contributed by atoms with Gasteiger partial charge in [0.25, 0.3) is 0 Å². The number of esters is 1. The maximum absolute atomic E-state index is 12.4. The quantitative estimate of drug-likeness (QED) is 0.807. The summed E-state index contributed by atoms with van der Waals surface area (Å²) >= 11 is 0. The molecule has 2 aromatic carbocycles. The fourth-order valence-corrected chi connectivity index (χ4v) is 3.08. The third-order valence-corrected chi connectivity index (χ3v) is 4.32. The fraction of sp³-hybridized carbons (Fsp3) is 0.278. The third-order valence-electron chi connectivity index (χ3n) is 4.32. The highest BCUT2D eigenvalue weighted by Crippen LogP contribution is 2.61. The van der Waals surface area contributed by atoms with E-state index in [1.807, 2.05) is 42.5 Å². The van der Waals surface area contributed by atoms with Crippen LogP contribution in [0, 0.1) is 0 Å². The molecule has 2 atom stereocenters. The molecule has 0 aliphatic heterocycles. The van der Waals surface area contributed by atoms with Gasteiger partial charge in [0.15, 0.2) is 0 Å². The number of methoxy groups -OCH3 is 2. The van der Waals surface area contributed by atoms with Crippen LogP contribution in [0.2, 0.25) is 0 Å². The monoisotopic (exact) mass is 282 g/mol. The summed E-state index contributed by atoms with van der Waals surface area (Å²) in [4.78, 5) is 12.4. The van der Waals surface area contributed by atoms with Crippen LogP contribution in [0.1, 0.15) is 23.5 Å². The van der Waals surface area contributed by atoms with Crippen LogP contribution >= 0.6 is 0 Å². The predicted octanol–water partition coefficient (Wildman–Crippen LogP) is 3.29. The molecule has 0 N–H and O–H groups in total. The van der Waals surface area contributed by atoms with E-state index in [2.05, 4.69) is 12.1 Å². The Hall–Kier alpha value is -2.29. The lowest BCUT2D eigenvalue weighted by atomic mass is 9.90. The number of benzene rings is 2. The van der Waals surface area contributed by atoms with Crippen molar-refractivity contribution in [3.8, 4) is 5.75 Å². The lowest BCUT2D eigenvalue weighted by Gasteiger charge is -2.16. The van der Waals surface area contributed by atoms with Gasteiger partial charge in [-0.15, -0.1) is 0 Å². The van der Waals surface area contributed by atoms with E-state index in [1.54, 1.807) is 7.11 Å². The predicted molar refractivity (Wildman–Crippen MR) is 80.5 cm³/mol. The largest absolute Gasteiger partial charge is 0.497 e. The smallest absolute Gasteiger partial charge is 0.316 e. The van der Waals surface area contributed by atoms with Crippen molar-refractivity contribution in [2.45, 2.75) is 17.8 Å². The molecule has 1 saturated carbocycles. The van der Waals surface area contributed by atoms with Gasteiger partial charge in [-0.3, -0.25) is 4.79 Å². The first-order valence-electron chi connectivity index (χ1n) is 7.00. The van der Waals surface area contributed by atoms with Gasteiger partial charge >= 0.3 is 5.97 Å². The van der Waals surface area contributed by atoms with Crippen molar-refractivity contribution in [3.63, 3.8) is 0 Å². The van der Waals surface area contributed by atoms with Crippen molar-refractivity contribution < 1.29 is 14.3 Å². The van der Waals surface area contributed by atoms with E-state index in [-0.39, 0.29) is 11.9 Å². The van der Waals surface area contributed by atoms with E-state index in [0.717, 1.165) is 17.7 Å². The molecular formula is C18H18O3. The summed E-state index contributed by atoms with van der Waals surface area (Å²) in [7, 11) is 3.09. The Labute approximate surface area is 124 Å². The van der Waals surface area contributed by atoms with E-state index in [9.17, 15) is 4.79 Å². The molecule has 2 aromatic rings. The normalized spacial score (nSPS) is 23.4. The van der Waals surface area contributed by atoms with Crippen molar-refractivity contribution in [2.24, 2.45) is 0 Å².